The van der Waals surface area contributed by atoms with Crippen molar-refractivity contribution in [2.75, 3.05) is 6.26 Å². The molecular formula is C15H14ClN3O3S2. The number of hydrogen-bond donors (Lipinski definition) is 2. The quantitative estimate of drug-likeness (QED) is 0.483. The minimum atomic E-state index is -3.85. The van der Waals surface area contributed by atoms with Crippen molar-refractivity contribution in [2.45, 2.75) is 4.90 Å². The molecule has 0 spiro atoms. The number of amidine groups is 1. The Hall–Kier alpha value is -2.03. The third kappa shape index (κ3) is 4.98. The number of thioether (sulfide) groups is 1. The lowest BCUT2D eigenvalue weighted by atomic mass is 10.2. The highest BCUT2D eigenvalue weighted by Crippen LogP contribution is 2.13. The molecule has 0 atom stereocenters. The highest BCUT2D eigenvalue weighted by Gasteiger charge is 2.14. The summed E-state index contributed by atoms with van der Waals surface area (Å²) in [5.41, 5.74) is 5.28. The van der Waals surface area contributed by atoms with Gasteiger partial charge in [0.05, 0.1) is 4.90 Å². The third-order valence-corrected chi connectivity index (χ3v) is 5.07. The van der Waals surface area contributed by atoms with Gasteiger partial charge in [0.15, 0.2) is 5.17 Å². The van der Waals surface area contributed by atoms with E-state index in [-0.39, 0.29) is 10.1 Å². The van der Waals surface area contributed by atoms with Crippen molar-refractivity contribution < 1.29 is 13.2 Å². The van der Waals surface area contributed by atoms with E-state index in [9.17, 15) is 13.2 Å². The average Bonchev–Trinajstić information content (AvgIpc) is 2.59. The molecule has 0 saturated heterocycles. The van der Waals surface area contributed by atoms with Gasteiger partial charge in [0.1, 0.15) is 0 Å². The van der Waals surface area contributed by atoms with Crippen LogP contribution in [-0.2, 0) is 10.0 Å². The molecule has 0 bridgehead atoms. The van der Waals surface area contributed by atoms with Crippen LogP contribution in [0.4, 0.5) is 0 Å². The van der Waals surface area contributed by atoms with Crippen LogP contribution in [0.15, 0.2) is 63.9 Å². The van der Waals surface area contributed by atoms with Gasteiger partial charge < -0.3 is 0 Å². The molecule has 0 aromatic heterocycles. The van der Waals surface area contributed by atoms with Crippen LogP contribution < -0.4 is 10.9 Å². The van der Waals surface area contributed by atoms with E-state index in [0.29, 0.717) is 10.6 Å². The Morgan fingerprint density at radius 1 is 1.04 bits per heavy atom. The fourth-order valence-corrected chi connectivity index (χ4v) is 3.39. The van der Waals surface area contributed by atoms with Crippen LogP contribution in [0.5, 0.6) is 0 Å². The van der Waals surface area contributed by atoms with Gasteiger partial charge in [-0.05, 0) is 42.7 Å². The van der Waals surface area contributed by atoms with Crippen molar-refractivity contribution in [3.63, 3.8) is 0 Å². The lowest BCUT2D eigenvalue weighted by Crippen LogP contribution is -2.40. The minimum absolute atomic E-state index is 0.0427. The molecule has 2 N–H and O–H groups in total. The summed E-state index contributed by atoms with van der Waals surface area (Å²) in [7, 11) is -3.85. The first-order chi connectivity index (χ1) is 11.4. The van der Waals surface area contributed by atoms with E-state index in [1.165, 1.54) is 12.1 Å². The maximum Gasteiger partial charge on any atom is 0.284 e. The largest absolute Gasteiger partial charge is 0.284 e. The molecule has 0 unspecified atom stereocenters. The first-order valence-electron chi connectivity index (χ1n) is 6.68. The van der Waals surface area contributed by atoms with E-state index < -0.39 is 15.9 Å². The normalized spacial score (nSPS) is 11.8. The molecule has 2 rings (SSSR count). The average molecular weight is 384 g/mol. The summed E-state index contributed by atoms with van der Waals surface area (Å²) < 4.78 is 28.1. The zero-order valence-corrected chi connectivity index (χ0v) is 15.0. The zero-order chi connectivity index (χ0) is 17.6. The van der Waals surface area contributed by atoms with Crippen molar-refractivity contribution in [3.05, 3.63) is 65.2 Å². The molecule has 0 fully saturated rings. The number of halogens is 1. The number of nitrogens with zero attached hydrogens (tertiary/aromatic N) is 1. The predicted molar refractivity (Wildman–Crippen MR) is 96.6 cm³/mol. The summed E-state index contributed by atoms with van der Waals surface area (Å²) in [6, 6.07) is 14.1. The van der Waals surface area contributed by atoms with Crippen LogP contribution in [0.2, 0.25) is 5.02 Å². The van der Waals surface area contributed by atoms with Gasteiger partial charge in [-0.1, -0.05) is 41.6 Å². The number of amides is 1. The van der Waals surface area contributed by atoms with Gasteiger partial charge in [0, 0.05) is 10.6 Å². The highest BCUT2D eigenvalue weighted by atomic mass is 35.5. The van der Waals surface area contributed by atoms with Gasteiger partial charge in [-0.15, -0.1) is 4.40 Å². The smallest absolute Gasteiger partial charge is 0.275 e. The summed E-state index contributed by atoms with van der Waals surface area (Å²) in [5.74, 6) is -0.439. The van der Waals surface area contributed by atoms with E-state index in [2.05, 4.69) is 15.2 Å². The second kappa shape index (κ2) is 8.18. The van der Waals surface area contributed by atoms with Crippen LogP contribution in [0.1, 0.15) is 10.4 Å². The van der Waals surface area contributed by atoms with Gasteiger partial charge in [-0.2, -0.15) is 8.42 Å². The second-order valence-corrected chi connectivity index (χ2v) is 7.31. The molecule has 2 aromatic rings. The molecule has 2 aromatic carbocycles. The molecule has 0 saturated carbocycles. The number of nitrogens with one attached hydrogen (secondary N) is 2. The fourth-order valence-electron chi connectivity index (χ4n) is 1.65. The molecule has 0 aliphatic heterocycles. The van der Waals surface area contributed by atoms with Crippen LogP contribution >= 0.6 is 23.4 Å². The Labute approximate surface area is 149 Å². The first kappa shape index (κ1) is 18.3. The fraction of sp³-hybridized carbons (Fsp3) is 0.0667. The van der Waals surface area contributed by atoms with Crippen molar-refractivity contribution >= 4 is 44.5 Å². The number of benzene rings is 2. The number of carbonyl (C=O) groups excluding carboxylic acids is 1. The van der Waals surface area contributed by atoms with Crippen LogP contribution in [0.3, 0.4) is 0 Å². The van der Waals surface area contributed by atoms with Gasteiger partial charge >= 0.3 is 0 Å². The van der Waals surface area contributed by atoms with E-state index in [1.54, 1.807) is 48.7 Å². The van der Waals surface area contributed by atoms with Crippen molar-refractivity contribution in [3.8, 4) is 0 Å². The Bertz CT molecular complexity index is 838. The Balaban J connectivity index is 2.09. The lowest BCUT2D eigenvalue weighted by molar-refractivity contribution is 0.0944. The van der Waals surface area contributed by atoms with Gasteiger partial charge in [-0.3, -0.25) is 15.6 Å². The van der Waals surface area contributed by atoms with E-state index in [0.717, 1.165) is 11.8 Å². The van der Waals surface area contributed by atoms with Gasteiger partial charge in [0.25, 0.3) is 15.9 Å². The molecule has 0 radical (unpaired) electrons. The van der Waals surface area contributed by atoms with Crippen LogP contribution in [0, 0.1) is 0 Å². The summed E-state index contributed by atoms with van der Waals surface area (Å²) in [4.78, 5) is 12.1. The first-order valence-corrected chi connectivity index (χ1v) is 9.72. The van der Waals surface area contributed by atoms with Crippen molar-refractivity contribution in [2.24, 2.45) is 4.40 Å². The van der Waals surface area contributed by atoms with Crippen LogP contribution in [0.25, 0.3) is 0 Å². The number of sulfonamides is 1. The number of hydrogen-bond acceptors (Lipinski definition) is 4. The molecular weight excluding hydrogens is 370 g/mol. The Kier molecular flexibility index (Phi) is 6.24. The SMILES string of the molecule is CS/C(=N/S(=O)(=O)c1ccccc1)NNC(=O)c1ccc(Cl)cc1. The third-order valence-electron chi connectivity index (χ3n) is 2.83. The molecule has 0 heterocycles. The summed E-state index contributed by atoms with van der Waals surface area (Å²) in [5, 5.41) is 0.556. The standard InChI is InChI=1S/C15H14ClN3O3S2/c1-23-15(19-24(21,22)13-5-3-2-4-6-13)18-17-14(20)11-7-9-12(16)10-8-11/h2-10H,1H3,(H,17,20)(H,18,19). The molecule has 0 aliphatic rings. The monoisotopic (exact) mass is 383 g/mol. The number of hydrazine groups is 1. The Morgan fingerprint density at radius 2 is 1.67 bits per heavy atom. The predicted octanol–water partition coefficient (Wildman–Crippen LogP) is 2.68. The van der Waals surface area contributed by atoms with E-state index in [4.69, 9.17) is 11.6 Å². The van der Waals surface area contributed by atoms with Crippen LogP contribution in [-0.4, -0.2) is 25.7 Å². The molecule has 0 aliphatic carbocycles. The topological polar surface area (TPSA) is 87.6 Å². The molecule has 1 amide bonds. The lowest BCUT2D eigenvalue weighted by Gasteiger charge is -2.09. The molecule has 126 valence electrons. The molecule has 9 heteroatoms. The highest BCUT2D eigenvalue weighted by molar-refractivity contribution is 8.13. The number of carbonyl (C=O) groups is 1. The van der Waals surface area contributed by atoms with Crippen molar-refractivity contribution in [1.82, 2.24) is 10.9 Å². The summed E-state index contributed by atoms with van der Waals surface area (Å²) >= 11 is 6.82. The summed E-state index contributed by atoms with van der Waals surface area (Å²) in [6.45, 7) is 0. The zero-order valence-electron chi connectivity index (χ0n) is 12.6. The summed E-state index contributed by atoms with van der Waals surface area (Å²) in [6.07, 6.45) is 1.64. The van der Waals surface area contributed by atoms with Crippen molar-refractivity contribution in [1.29, 1.82) is 0 Å². The van der Waals surface area contributed by atoms with E-state index in [1.807, 2.05) is 0 Å². The second-order valence-electron chi connectivity index (χ2n) is 4.47. The molecule has 6 nitrogen and oxygen atoms in total. The van der Waals surface area contributed by atoms with Gasteiger partial charge in [0.2, 0.25) is 0 Å². The van der Waals surface area contributed by atoms with Gasteiger partial charge in [-0.25, -0.2) is 0 Å². The maximum absolute atomic E-state index is 12.2. The Morgan fingerprint density at radius 3 is 2.25 bits per heavy atom. The number of rotatable bonds is 3. The minimum Gasteiger partial charge on any atom is -0.275 e. The van der Waals surface area contributed by atoms with E-state index >= 15 is 0 Å². The maximum atomic E-state index is 12.2. The molecule has 24 heavy (non-hydrogen) atoms.